The summed E-state index contributed by atoms with van der Waals surface area (Å²) in [6.07, 6.45) is -6.08. The van der Waals surface area contributed by atoms with Crippen molar-refractivity contribution in [2.24, 2.45) is 94.7 Å². The Morgan fingerprint density at radius 3 is 1.96 bits per heavy atom. The Labute approximate surface area is 558 Å². The second-order valence-corrected chi connectivity index (χ2v) is 28.4. The van der Waals surface area contributed by atoms with E-state index in [9.17, 15) is 53.2 Å². The topological polar surface area (TPSA) is 494 Å². The van der Waals surface area contributed by atoms with Gasteiger partial charge in [-0.05, 0) is 113 Å². The van der Waals surface area contributed by atoms with Gasteiger partial charge in [0.05, 0.1) is 23.9 Å². The van der Waals surface area contributed by atoms with Crippen LogP contribution in [0.3, 0.4) is 0 Å². The average Bonchev–Trinajstić information content (AvgIpc) is 1.53. The number of aliphatic hydroxyl groups is 2. The van der Waals surface area contributed by atoms with Gasteiger partial charge in [-0.15, -0.1) is 18.1 Å². The van der Waals surface area contributed by atoms with Gasteiger partial charge in [0.25, 0.3) is 7.82 Å². The van der Waals surface area contributed by atoms with Crippen molar-refractivity contribution in [3.8, 4) is 0 Å². The Kier molecular flexibility index (Phi) is 24.3. The monoisotopic (exact) mass is 1380 g/mol. The van der Waals surface area contributed by atoms with Gasteiger partial charge in [-0.25, -0.2) is 0 Å². The number of aliphatic imine (C=N–C) groups is 3. The fourth-order valence-corrected chi connectivity index (χ4v) is 16.6. The molecule has 7 amide bonds. The zero-order valence-electron chi connectivity index (χ0n) is 54.5. The zero-order chi connectivity index (χ0) is 66.7. The van der Waals surface area contributed by atoms with E-state index in [0.29, 0.717) is 56.7 Å². The van der Waals surface area contributed by atoms with Crippen molar-refractivity contribution in [3.05, 3.63) is 68.2 Å². The van der Waals surface area contributed by atoms with E-state index < -0.39 is 143 Å². The summed E-state index contributed by atoms with van der Waals surface area (Å²) in [7, 11) is -5.31. The van der Waals surface area contributed by atoms with E-state index in [1.165, 1.54) is 6.92 Å². The smallest absolute Gasteiger partial charge is 0.870 e. The van der Waals surface area contributed by atoms with E-state index in [2.05, 4.69) is 10.6 Å². The Hall–Kier alpha value is -6.11. The number of allylic oxidation sites excluding steroid dienone is 6. The van der Waals surface area contributed by atoms with Gasteiger partial charge in [0, 0.05) is 114 Å². The summed E-state index contributed by atoms with van der Waals surface area (Å²) in [4.78, 5) is 125. The molecule has 28 nitrogen and oxygen atoms in total. The van der Waals surface area contributed by atoms with E-state index >= 15 is 0 Å². The van der Waals surface area contributed by atoms with Crippen molar-refractivity contribution in [1.82, 2.24) is 5.32 Å². The number of hydrogen-bond acceptors (Lipinski definition) is 19. The fourth-order valence-electron chi connectivity index (χ4n) is 15.5. The van der Waals surface area contributed by atoms with Crippen LogP contribution in [0.25, 0.3) is 10.6 Å². The molecule has 16 N–H and O–H groups in total. The number of nitrogens with two attached hydrogens (primary N) is 6. The molecule has 1 aromatic rings. The van der Waals surface area contributed by atoms with Crippen LogP contribution in [-0.4, -0.2) is 136 Å². The maximum atomic E-state index is 14.4. The standard InChI is InChI=1S/C62H91N13O14P.ClH.Co.H2O/c1-29-20-39-40(21-30(29)2)75(28-70-39)57-52(84)53(41(27-76)87-57)89-90(85,86)88-31(3)26-69-49(83)18-19-59(8)37(22-46(66)80)56-62(11)61(10,25-48(68)82)36(14-17-45(65)79)51(74-62)33(5)55-60(9,24-47(67)81)34(12-15-43(63)77)38(71-55)23-42-58(6,7)35(13-16-44(64)78)50(72-42)32(4)54(59)73-56;;;/h20-21,23,31,34-37,41,52-53,56-57,76,84H,12-19,22,24-28H2,1-11H3,(H15,63,64,65,66,67,68,69,71,72,73,74,77,78,79,80,81,82,83,85,86);1H;;1H2/q-1;;+3;/p-3. The van der Waals surface area contributed by atoms with Crippen LogP contribution in [0, 0.1) is 59.2 Å². The van der Waals surface area contributed by atoms with E-state index in [1.807, 2.05) is 80.5 Å². The third-order valence-corrected chi connectivity index (χ3v) is 21.7. The normalized spacial score (nSPS) is 31.5. The van der Waals surface area contributed by atoms with Gasteiger partial charge in [-0.1, -0.05) is 53.4 Å². The summed E-state index contributed by atoms with van der Waals surface area (Å²) >= 11 is 0. The number of amides is 7. The third-order valence-electron chi connectivity index (χ3n) is 20.6. The minimum atomic E-state index is -5.31. The molecular weight excluding hydrogens is 1290 g/mol. The summed E-state index contributed by atoms with van der Waals surface area (Å²) in [6, 6.07) is 2.72. The number of halogens is 1. The molecule has 8 bridgehead atoms. The number of ether oxygens (including phenoxy) is 1. The molecule has 93 heavy (non-hydrogen) atoms. The first-order chi connectivity index (χ1) is 41.8. The first kappa shape index (κ1) is 77.6. The maximum Gasteiger partial charge on any atom is 3.00 e. The Morgan fingerprint density at radius 1 is 0.806 bits per heavy atom. The maximum absolute atomic E-state index is 14.4. The molecule has 0 saturated carbocycles. The van der Waals surface area contributed by atoms with E-state index in [0.717, 1.165) is 11.1 Å². The molecule has 2 saturated heterocycles. The van der Waals surface area contributed by atoms with Crippen molar-refractivity contribution in [3.63, 3.8) is 0 Å². The predicted octanol–water partition coefficient (Wildman–Crippen LogP) is 3.82. The molecule has 2 fully saturated rings. The van der Waals surface area contributed by atoms with Gasteiger partial charge in [0.15, 0.2) is 6.23 Å². The molecule has 0 aliphatic carbocycles. The first-order valence-electron chi connectivity index (χ1n) is 30.6. The van der Waals surface area contributed by atoms with E-state index in [1.54, 1.807) is 11.8 Å². The van der Waals surface area contributed by atoms with Gasteiger partial charge in [0.2, 0.25) is 41.4 Å². The summed E-state index contributed by atoms with van der Waals surface area (Å²) in [5.74, 6) is -7.39. The molecule has 0 spiro atoms. The van der Waals surface area contributed by atoms with Crippen LogP contribution in [0.1, 0.15) is 144 Å². The van der Waals surface area contributed by atoms with Gasteiger partial charge >= 0.3 is 16.8 Å². The van der Waals surface area contributed by atoms with Gasteiger partial charge < -0.3 is 89.6 Å². The number of nitrogens with one attached hydrogen (secondary N) is 1. The zero-order valence-corrected chi connectivity index (χ0v) is 57.2. The van der Waals surface area contributed by atoms with Crippen molar-refractivity contribution < 1.29 is 89.3 Å². The minimum absolute atomic E-state index is 0. The minimum Gasteiger partial charge on any atom is -0.870 e. The quantitative estimate of drug-likeness (QED) is 0.0595. The second-order valence-electron chi connectivity index (χ2n) is 27.1. The number of benzene rings is 1. The molecule has 7 aliphatic heterocycles. The fraction of sp³-hybridized carbons (Fsp3) is 0.645. The van der Waals surface area contributed by atoms with Crippen molar-refractivity contribution in [2.45, 2.75) is 189 Å². The van der Waals surface area contributed by atoms with Crippen molar-refractivity contribution in [2.75, 3.05) is 24.7 Å². The molecule has 1 aromatic carbocycles. The Morgan fingerprint density at radius 2 is 1.39 bits per heavy atom. The molecular formula is C62H91ClCoN13O15P-. The first-order valence-corrected chi connectivity index (χ1v) is 32.1. The number of aliphatic hydroxyl groups excluding tert-OH is 2. The SMILES string of the molecule is CC1=C2N=C(C=C3N=C(C(C)=C4[N-]C(C(CC(N)=O)C4(C)CCC(=O)NCC(C)OP(=O)([O-])OC4C(CO)OC(N5C[N-]c6cc(C)c(C)cc65)C4O)C4(C)N=C1C(CCC(N)=O)C4(C)CC(N)=O)C(CCC(N)=O)C3(C)C)C(CCC(N)=O)C2(C)CC(N)=O.Cl.[Co+3].[OH-]. The van der Waals surface area contributed by atoms with Crippen LogP contribution in [-0.2, 0) is 68.7 Å². The number of hydrogen-bond donors (Lipinski definition) is 9. The van der Waals surface area contributed by atoms with Crippen LogP contribution in [0.15, 0.2) is 61.4 Å². The molecule has 31 heteroatoms. The van der Waals surface area contributed by atoms with E-state index in [-0.39, 0.29) is 119 Å². The number of primary amides is 6. The predicted molar refractivity (Wildman–Crippen MR) is 343 cm³/mol. The number of aryl methyl sites for hydroxylation is 2. The average molecular weight is 1380 g/mol. The summed E-state index contributed by atoms with van der Waals surface area (Å²) in [5.41, 5.74) is 36.8. The van der Waals surface area contributed by atoms with Crippen LogP contribution in [0.2, 0.25) is 0 Å². The van der Waals surface area contributed by atoms with Gasteiger partial charge in [-0.2, -0.15) is 5.70 Å². The van der Waals surface area contributed by atoms with Gasteiger partial charge in [0.1, 0.15) is 18.3 Å². The largest absolute Gasteiger partial charge is 3.00 e. The number of nitrogens with zero attached hydrogens (tertiary/aromatic N) is 6. The Bertz CT molecular complexity index is 3400. The number of phosphoric ester groups is 1. The van der Waals surface area contributed by atoms with Crippen molar-refractivity contribution in [1.29, 1.82) is 0 Å². The number of carbonyl (C=O) groups is 7. The van der Waals surface area contributed by atoms with Crippen LogP contribution >= 0.6 is 20.2 Å². The van der Waals surface area contributed by atoms with E-state index in [4.69, 9.17) is 68.5 Å². The van der Waals surface area contributed by atoms with Crippen LogP contribution < -0.4 is 49.5 Å². The molecule has 7 heterocycles. The summed E-state index contributed by atoms with van der Waals surface area (Å²) < 4.78 is 30.4. The molecule has 15 atom stereocenters. The molecule has 0 aromatic heterocycles. The van der Waals surface area contributed by atoms with Crippen molar-refractivity contribution >= 4 is 90.1 Å². The van der Waals surface area contributed by atoms with Crippen LogP contribution in [0.5, 0.6) is 0 Å². The molecule has 15 unspecified atom stereocenters. The number of rotatable bonds is 26. The second kappa shape index (κ2) is 29.1. The molecule has 7 aliphatic rings. The van der Waals surface area contributed by atoms with Crippen LogP contribution in [0.4, 0.5) is 11.4 Å². The number of anilines is 1. The molecule has 516 valence electrons. The summed E-state index contributed by atoms with van der Waals surface area (Å²) in [6.45, 7) is 19.1. The Balaban J connectivity index is 0.00000523. The number of carbonyl (C=O) groups excluding carboxylic acids is 7. The number of fused-ring (bicyclic) bond motifs is 7. The third kappa shape index (κ3) is 15.0. The van der Waals surface area contributed by atoms with Gasteiger partial charge in [-0.3, -0.25) is 53.1 Å². The summed E-state index contributed by atoms with van der Waals surface area (Å²) in [5, 5.41) is 34.7. The molecule has 0 radical (unpaired) electrons. The number of phosphoric acid groups is 1. The molecule has 8 rings (SSSR count).